The van der Waals surface area contributed by atoms with Gasteiger partial charge in [0.1, 0.15) is 11.9 Å². The van der Waals surface area contributed by atoms with Crippen molar-refractivity contribution in [2.45, 2.75) is 146 Å². The maximum Gasteiger partial charge on any atom is 0.135 e. The van der Waals surface area contributed by atoms with Gasteiger partial charge in [0, 0.05) is 45.8 Å². The Bertz CT molecular complexity index is 787. The highest BCUT2D eigenvalue weighted by atomic mass is 16.6. The number of methoxy groups -OCH3 is 2. The maximum absolute atomic E-state index is 13.4. The normalized spacial score (nSPS) is 38.4. The van der Waals surface area contributed by atoms with Crippen LogP contribution < -0.4 is 0 Å². The number of ether oxygens (including phenoxy) is 5. The van der Waals surface area contributed by atoms with E-state index in [4.69, 9.17) is 23.7 Å². The molecule has 0 aliphatic carbocycles. The summed E-state index contributed by atoms with van der Waals surface area (Å²) >= 11 is 0. The second-order valence-corrected chi connectivity index (χ2v) is 12.2. The summed E-state index contributed by atoms with van der Waals surface area (Å²) in [6.07, 6.45) is 2.92. The molecule has 3 aliphatic rings. The number of rotatable bonds is 15. The number of carbonyl (C=O) groups is 1. The molecule has 3 aliphatic heterocycles. The first kappa shape index (κ1) is 33.6. The van der Waals surface area contributed by atoms with Gasteiger partial charge < -0.3 is 39.0 Å². The second kappa shape index (κ2) is 16.1. The van der Waals surface area contributed by atoms with E-state index >= 15 is 0 Å². The number of unbranched alkanes of at least 4 members (excludes halogenated alkanes) is 1. The van der Waals surface area contributed by atoms with Gasteiger partial charge in [0.05, 0.1) is 61.5 Å². The van der Waals surface area contributed by atoms with Crippen molar-refractivity contribution < 1.29 is 43.8 Å². The minimum absolute atomic E-state index is 0.0480. The van der Waals surface area contributed by atoms with Crippen molar-refractivity contribution in [3.05, 3.63) is 12.2 Å². The fraction of sp³-hybridized carbons (Fsp3) is 0.903. The molecule has 3 rings (SSSR count). The zero-order chi connectivity index (χ0) is 29.4. The van der Waals surface area contributed by atoms with Crippen LogP contribution in [0.5, 0.6) is 0 Å². The Kier molecular flexibility index (Phi) is 13.5. The Morgan fingerprint density at radius 3 is 2.52 bits per heavy atom. The largest absolute Gasteiger partial charge is 0.394 e. The van der Waals surface area contributed by atoms with Crippen LogP contribution >= 0.6 is 0 Å². The predicted molar refractivity (Wildman–Crippen MR) is 151 cm³/mol. The lowest BCUT2D eigenvalue weighted by Gasteiger charge is -2.38. The van der Waals surface area contributed by atoms with Gasteiger partial charge >= 0.3 is 0 Å². The smallest absolute Gasteiger partial charge is 0.135 e. The van der Waals surface area contributed by atoms with Crippen molar-refractivity contribution in [2.24, 2.45) is 11.8 Å². The van der Waals surface area contributed by atoms with Crippen molar-refractivity contribution in [2.75, 3.05) is 20.8 Å². The van der Waals surface area contributed by atoms with E-state index in [0.29, 0.717) is 25.2 Å². The lowest BCUT2D eigenvalue weighted by molar-refractivity contribution is -0.167. The van der Waals surface area contributed by atoms with Crippen LogP contribution in [0.25, 0.3) is 0 Å². The summed E-state index contributed by atoms with van der Waals surface area (Å²) in [5.74, 6) is 0.152. The molecule has 232 valence electrons. The van der Waals surface area contributed by atoms with Crippen LogP contribution in [-0.2, 0) is 28.5 Å². The van der Waals surface area contributed by atoms with E-state index in [1.54, 1.807) is 14.2 Å². The summed E-state index contributed by atoms with van der Waals surface area (Å²) in [6, 6.07) is 0. The molecule has 0 saturated carbocycles. The predicted octanol–water partition coefficient (Wildman–Crippen LogP) is 3.35. The van der Waals surface area contributed by atoms with Crippen molar-refractivity contribution in [1.29, 1.82) is 0 Å². The average molecular weight is 571 g/mol. The third kappa shape index (κ3) is 8.80. The van der Waals surface area contributed by atoms with Gasteiger partial charge in [-0.1, -0.05) is 33.3 Å². The van der Waals surface area contributed by atoms with Crippen LogP contribution in [0.15, 0.2) is 12.2 Å². The standard InChI is InChI=1S/C31H54O9/c1-7-8-9-23-12-18(2)19(3)27(38-23)16-28-25(31(37-6)29(40-28)15-22(34)17-32)14-21(33)13-24-10-11-26(35)30(39-24)20(4)36-5/h18,20,22-32,34-35H,3,7-17H2,1-2,4-6H3/t18-,20?,22+,23+,24-,25+,26+,27-,28+,29-,30-,31-/m1/s1. The van der Waals surface area contributed by atoms with E-state index < -0.39 is 30.5 Å². The van der Waals surface area contributed by atoms with E-state index in [9.17, 15) is 20.1 Å². The highest BCUT2D eigenvalue weighted by Crippen LogP contribution is 2.41. The zero-order valence-electron chi connectivity index (χ0n) is 25.2. The highest BCUT2D eigenvalue weighted by Gasteiger charge is 2.48. The van der Waals surface area contributed by atoms with Crippen LogP contribution in [0.2, 0.25) is 0 Å². The quantitative estimate of drug-likeness (QED) is 0.254. The molecule has 9 nitrogen and oxygen atoms in total. The Labute approximate surface area is 240 Å². The number of aliphatic hydroxyl groups excluding tert-OH is 3. The Balaban J connectivity index is 1.72. The molecule has 0 radical (unpaired) electrons. The fourth-order valence-electron chi connectivity index (χ4n) is 6.71. The fourth-order valence-corrected chi connectivity index (χ4v) is 6.71. The summed E-state index contributed by atoms with van der Waals surface area (Å²) in [5, 5.41) is 30.0. The molecule has 3 saturated heterocycles. The highest BCUT2D eigenvalue weighted by molar-refractivity contribution is 5.79. The number of carbonyl (C=O) groups excluding carboxylic acids is 1. The van der Waals surface area contributed by atoms with E-state index in [0.717, 1.165) is 31.3 Å². The van der Waals surface area contributed by atoms with Gasteiger partial charge in [-0.05, 0) is 44.1 Å². The van der Waals surface area contributed by atoms with E-state index in [-0.39, 0.29) is 68.1 Å². The Hall–Kier alpha value is -0.910. The third-order valence-electron chi connectivity index (χ3n) is 9.21. The van der Waals surface area contributed by atoms with E-state index in [2.05, 4.69) is 20.4 Å². The van der Waals surface area contributed by atoms with Crippen LogP contribution in [0.4, 0.5) is 0 Å². The van der Waals surface area contributed by atoms with Gasteiger partial charge in [0.25, 0.3) is 0 Å². The van der Waals surface area contributed by atoms with Crippen LogP contribution in [-0.4, -0.2) is 103 Å². The molecule has 40 heavy (non-hydrogen) atoms. The summed E-state index contributed by atoms with van der Waals surface area (Å²) < 4.78 is 30.3. The molecule has 0 spiro atoms. The minimum Gasteiger partial charge on any atom is -0.394 e. The summed E-state index contributed by atoms with van der Waals surface area (Å²) in [6.45, 7) is 10.2. The molecule has 0 amide bonds. The summed E-state index contributed by atoms with van der Waals surface area (Å²) in [5.41, 5.74) is 1.06. The second-order valence-electron chi connectivity index (χ2n) is 12.2. The number of aliphatic hydroxyl groups is 3. The van der Waals surface area contributed by atoms with Gasteiger partial charge in [-0.3, -0.25) is 4.79 Å². The molecule has 0 aromatic rings. The molecule has 3 fully saturated rings. The van der Waals surface area contributed by atoms with E-state index in [1.807, 2.05) is 6.92 Å². The molecule has 0 aromatic carbocycles. The molecular formula is C31H54O9. The lowest BCUT2D eigenvalue weighted by atomic mass is 9.81. The number of hydrogen-bond donors (Lipinski definition) is 3. The lowest BCUT2D eigenvalue weighted by Crippen LogP contribution is -2.46. The molecule has 0 aromatic heterocycles. The Morgan fingerprint density at radius 2 is 1.88 bits per heavy atom. The van der Waals surface area contributed by atoms with Crippen molar-refractivity contribution in [1.82, 2.24) is 0 Å². The summed E-state index contributed by atoms with van der Waals surface area (Å²) in [7, 11) is 3.19. The molecule has 9 heteroatoms. The molecule has 0 bridgehead atoms. The number of hydrogen-bond acceptors (Lipinski definition) is 9. The zero-order valence-corrected chi connectivity index (χ0v) is 25.2. The number of ketones is 1. The average Bonchev–Trinajstić information content (AvgIpc) is 3.25. The SMILES string of the molecule is C=C1[C@H](C)C[C@H](CCCC)O[C@@H]1C[C@@H]1O[C@H](C[C@H](O)CO)[C@H](OC)[C@H]1CC(=O)C[C@H]1CC[C@H](O)[C@@H](C(C)OC)O1. The third-order valence-corrected chi connectivity index (χ3v) is 9.21. The van der Waals surface area contributed by atoms with Crippen molar-refractivity contribution >= 4 is 5.78 Å². The van der Waals surface area contributed by atoms with Gasteiger partial charge in [-0.25, -0.2) is 0 Å². The van der Waals surface area contributed by atoms with Gasteiger partial charge in [-0.2, -0.15) is 0 Å². The van der Waals surface area contributed by atoms with Gasteiger partial charge in [0.15, 0.2) is 0 Å². The Morgan fingerprint density at radius 1 is 1.12 bits per heavy atom. The first-order valence-electron chi connectivity index (χ1n) is 15.3. The molecule has 3 heterocycles. The van der Waals surface area contributed by atoms with Gasteiger partial charge in [-0.15, -0.1) is 0 Å². The van der Waals surface area contributed by atoms with Crippen LogP contribution in [0.3, 0.4) is 0 Å². The molecular weight excluding hydrogens is 516 g/mol. The molecule has 12 atom stereocenters. The monoisotopic (exact) mass is 570 g/mol. The van der Waals surface area contributed by atoms with Crippen LogP contribution in [0.1, 0.15) is 85.0 Å². The maximum atomic E-state index is 13.4. The van der Waals surface area contributed by atoms with Crippen molar-refractivity contribution in [3.8, 4) is 0 Å². The molecule has 1 unspecified atom stereocenters. The number of Topliss-reactive ketones (excluding diaryl/α,β-unsaturated/α-hetero) is 1. The minimum atomic E-state index is -0.932. The van der Waals surface area contributed by atoms with Crippen LogP contribution in [0, 0.1) is 11.8 Å². The summed E-state index contributed by atoms with van der Waals surface area (Å²) in [4.78, 5) is 13.4. The van der Waals surface area contributed by atoms with Crippen molar-refractivity contribution in [3.63, 3.8) is 0 Å². The van der Waals surface area contributed by atoms with E-state index in [1.165, 1.54) is 0 Å². The first-order valence-corrected chi connectivity index (χ1v) is 15.3. The topological polar surface area (TPSA) is 124 Å². The molecule has 3 N–H and O–H groups in total. The van der Waals surface area contributed by atoms with Gasteiger partial charge in [0.2, 0.25) is 0 Å². The first-order chi connectivity index (χ1) is 19.1.